The van der Waals surface area contributed by atoms with Crippen molar-refractivity contribution in [2.24, 2.45) is 0 Å². The summed E-state index contributed by atoms with van der Waals surface area (Å²) in [4.78, 5) is 0. The molecule has 1 N–H and O–H groups in total. The topological polar surface area (TPSA) is 21.3 Å². The Morgan fingerprint density at radius 2 is 2.08 bits per heavy atom. The van der Waals surface area contributed by atoms with Crippen molar-refractivity contribution in [1.29, 1.82) is 0 Å². The van der Waals surface area contributed by atoms with Gasteiger partial charge in [0, 0.05) is 24.9 Å². The minimum Gasteiger partial charge on any atom is -0.385 e. The average Bonchev–Trinajstić information content (AvgIpc) is 2.17. The lowest BCUT2D eigenvalue weighted by Crippen LogP contribution is -2.03. The predicted molar refractivity (Wildman–Crippen MR) is 55.9 cm³/mol. The summed E-state index contributed by atoms with van der Waals surface area (Å²) in [5.74, 6) is 0. The Labute approximate surface area is 79.9 Å². The second-order valence-corrected chi connectivity index (χ2v) is 3.02. The Morgan fingerprint density at radius 3 is 2.77 bits per heavy atom. The molecule has 2 nitrogen and oxygen atoms in total. The van der Waals surface area contributed by atoms with E-state index in [4.69, 9.17) is 4.74 Å². The maximum absolute atomic E-state index is 5.11. The van der Waals surface area contributed by atoms with E-state index in [1.807, 2.05) is 12.1 Å². The average molecular weight is 179 g/mol. The number of hydrogen-bond acceptors (Lipinski definition) is 2. The largest absolute Gasteiger partial charge is 0.385 e. The molecule has 13 heavy (non-hydrogen) atoms. The standard InChI is InChI=1S/C11H17NO/c1-3-8-12-11-7-5-4-6-10(11)9-13-2/h4-7,12H,3,8-9H2,1-2H3. The van der Waals surface area contributed by atoms with E-state index in [1.54, 1.807) is 7.11 Å². The highest BCUT2D eigenvalue weighted by molar-refractivity contribution is 5.50. The summed E-state index contributed by atoms with van der Waals surface area (Å²) in [5.41, 5.74) is 2.41. The highest BCUT2D eigenvalue weighted by Crippen LogP contribution is 2.15. The van der Waals surface area contributed by atoms with Crippen molar-refractivity contribution in [3.05, 3.63) is 29.8 Å². The summed E-state index contributed by atoms with van der Waals surface area (Å²) in [7, 11) is 1.72. The fourth-order valence-corrected chi connectivity index (χ4v) is 1.23. The first kappa shape index (κ1) is 10.1. The molecule has 0 aliphatic heterocycles. The highest BCUT2D eigenvalue weighted by Gasteiger charge is 1.98. The summed E-state index contributed by atoms with van der Waals surface area (Å²) in [6.07, 6.45) is 1.14. The molecule has 0 saturated carbocycles. The van der Waals surface area contributed by atoms with Gasteiger partial charge in [-0.2, -0.15) is 0 Å². The third kappa shape index (κ3) is 3.07. The predicted octanol–water partition coefficient (Wildman–Crippen LogP) is 2.65. The van der Waals surface area contributed by atoms with Crippen LogP contribution in [-0.4, -0.2) is 13.7 Å². The summed E-state index contributed by atoms with van der Waals surface area (Å²) < 4.78 is 5.11. The van der Waals surface area contributed by atoms with Gasteiger partial charge in [-0.15, -0.1) is 0 Å². The fourth-order valence-electron chi connectivity index (χ4n) is 1.23. The van der Waals surface area contributed by atoms with Gasteiger partial charge in [0.25, 0.3) is 0 Å². The second-order valence-electron chi connectivity index (χ2n) is 3.02. The zero-order valence-corrected chi connectivity index (χ0v) is 8.34. The fraction of sp³-hybridized carbons (Fsp3) is 0.455. The Morgan fingerprint density at radius 1 is 1.31 bits per heavy atom. The Bertz CT molecular complexity index is 248. The Hall–Kier alpha value is -1.02. The summed E-state index contributed by atoms with van der Waals surface area (Å²) >= 11 is 0. The van der Waals surface area contributed by atoms with Crippen molar-refractivity contribution in [3.63, 3.8) is 0 Å². The van der Waals surface area contributed by atoms with Crippen LogP contribution in [0.15, 0.2) is 24.3 Å². The normalized spacial score (nSPS) is 10.0. The number of hydrogen-bond donors (Lipinski definition) is 1. The first-order valence-electron chi connectivity index (χ1n) is 4.69. The van der Waals surface area contributed by atoms with Crippen molar-refractivity contribution in [2.75, 3.05) is 19.0 Å². The number of ether oxygens (including phenoxy) is 1. The van der Waals surface area contributed by atoms with E-state index in [0.717, 1.165) is 13.0 Å². The molecule has 0 unspecified atom stereocenters. The summed E-state index contributed by atoms with van der Waals surface area (Å²) in [5, 5.41) is 3.37. The molecular formula is C11H17NO. The molecule has 0 saturated heterocycles. The van der Waals surface area contributed by atoms with Crippen molar-refractivity contribution in [2.45, 2.75) is 20.0 Å². The van der Waals surface area contributed by atoms with Gasteiger partial charge in [0.05, 0.1) is 6.61 Å². The van der Waals surface area contributed by atoms with Gasteiger partial charge in [-0.1, -0.05) is 25.1 Å². The van der Waals surface area contributed by atoms with Crippen LogP contribution in [0.3, 0.4) is 0 Å². The molecule has 1 aromatic rings. The van der Waals surface area contributed by atoms with E-state index in [2.05, 4.69) is 24.4 Å². The first-order chi connectivity index (χ1) is 6.38. The van der Waals surface area contributed by atoms with Crippen molar-refractivity contribution in [1.82, 2.24) is 0 Å². The number of rotatable bonds is 5. The van der Waals surface area contributed by atoms with Gasteiger partial charge < -0.3 is 10.1 Å². The third-order valence-corrected chi connectivity index (χ3v) is 1.88. The lowest BCUT2D eigenvalue weighted by atomic mass is 10.2. The number of anilines is 1. The summed E-state index contributed by atoms with van der Waals surface area (Å²) in [6.45, 7) is 3.85. The smallest absolute Gasteiger partial charge is 0.0733 e. The first-order valence-corrected chi connectivity index (χ1v) is 4.69. The van der Waals surface area contributed by atoms with Gasteiger partial charge >= 0.3 is 0 Å². The van der Waals surface area contributed by atoms with Gasteiger partial charge in [0.15, 0.2) is 0 Å². The molecule has 0 bridgehead atoms. The van der Waals surface area contributed by atoms with Crippen LogP contribution in [0.25, 0.3) is 0 Å². The van der Waals surface area contributed by atoms with Gasteiger partial charge in [-0.05, 0) is 12.5 Å². The van der Waals surface area contributed by atoms with E-state index in [-0.39, 0.29) is 0 Å². The Kier molecular flexibility index (Phi) is 4.33. The van der Waals surface area contributed by atoms with E-state index in [1.165, 1.54) is 11.3 Å². The number of nitrogens with one attached hydrogen (secondary N) is 1. The van der Waals surface area contributed by atoms with Crippen LogP contribution in [0.5, 0.6) is 0 Å². The minimum absolute atomic E-state index is 0.673. The quantitative estimate of drug-likeness (QED) is 0.750. The van der Waals surface area contributed by atoms with Crippen LogP contribution in [0.4, 0.5) is 5.69 Å². The molecule has 1 aromatic carbocycles. The monoisotopic (exact) mass is 179 g/mol. The van der Waals surface area contributed by atoms with Crippen molar-refractivity contribution >= 4 is 5.69 Å². The third-order valence-electron chi connectivity index (χ3n) is 1.88. The number of benzene rings is 1. The molecule has 0 aliphatic carbocycles. The summed E-state index contributed by atoms with van der Waals surface area (Å²) in [6, 6.07) is 8.24. The van der Waals surface area contributed by atoms with Crippen LogP contribution in [-0.2, 0) is 11.3 Å². The van der Waals surface area contributed by atoms with Gasteiger partial charge in [-0.25, -0.2) is 0 Å². The minimum atomic E-state index is 0.673. The van der Waals surface area contributed by atoms with Gasteiger partial charge in [0.1, 0.15) is 0 Å². The molecule has 0 amide bonds. The molecule has 2 heteroatoms. The van der Waals surface area contributed by atoms with Crippen LogP contribution in [0.1, 0.15) is 18.9 Å². The molecule has 72 valence electrons. The zero-order valence-electron chi connectivity index (χ0n) is 8.34. The highest BCUT2D eigenvalue weighted by atomic mass is 16.5. The van der Waals surface area contributed by atoms with Gasteiger partial charge in [0.2, 0.25) is 0 Å². The molecular weight excluding hydrogens is 162 g/mol. The van der Waals surface area contributed by atoms with Crippen LogP contribution < -0.4 is 5.32 Å². The number of para-hydroxylation sites is 1. The zero-order chi connectivity index (χ0) is 9.52. The van der Waals surface area contributed by atoms with Crippen molar-refractivity contribution < 1.29 is 4.74 Å². The second kappa shape index (κ2) is 5.60. The van der Waals surface area contributed by atoms with E-state index >= 15 is 0 Å². The van der Waals surface area contributed by atoms with Gasteiger partial charge in [-0.3, -0.25) is 0 Å². The molecule has 0 heterocycles. The van der Waals surface area contributed by atoms with Crippen LogP contribution in [0.2, 0.25) is 0 Å². The van der Waals surface area contributed by atoms with E-state index < -0.39 is 0 Å². The number of methoxy groups -OCH3 is 1. The van der Waals surface area contributed by atoms with E-state index in [0.29, 0.717) is 6.61 Å². The molecule has 0 aromatic heterocycles. The lowest BCUT2D eigenvalue weighted by Gasteiger charge is -2.09. The molecule has 1 rings (SSSR count). The maximum atomic E-state index is 5.11. The molecule has 0 aliphatic rings. The van der Waals surface area contributed by atoms with Crippen LogP contribution >= 0.6 is 0 Å². The van der Waals surface area contributed by atoms with Crippen LogP contribution in [0, 0.1) is 0 Å². The SMILES string of the molecule is CCCNc1ccccc1COC. The Balaban J connectivity index is 2.66. The van der Waals surface area contributed by atoms with Crippen molar-refractivity contribution in [3.8, 4) is 0 Å². The maximum Gasteiger partial charge on any atom is 0.0733 e. The van der Waals surface area contributed by atoms with E-state index in [9.17, 15) is 0 Å². The lowest BCUT2D eigenvalue weighted by molar-refractivity contribution is 0.185. The molecule has 0 radical (unpaired) electrons. The molecule has 0 spiro atoms. The molecule has 0 fully saturated rings. The molecule has 0 atom stereocenters.